The third kappa shape index (κ3) is 2.97. The smallest absolute Gasteiger partial charge is 0.138 e. The largest absolute Gasteiger partial charge is 0.495 e. The van der Waals surface area contributed by atoms with E-state index in [0.717, 1.165) is 12.1 Å². The van der Waals surface area contributed by atoms with Crippen LogP contribution in [0.3, 0.4) is 0 Å². The molecule has 1 aliphatic carbocycles. The zero-order valence-corrected chi connectivity index (χ0v) is 12.3. The Balaban J connectivity index is 1.91. The highest BCUT2D eigenvalue weighted by atomic mass is 35.5. The summed E-state index contributed by atoms with van der Waals surface area (Å²) in [5, 5.41) is 4.21. The third-order valence-corrected chi connectivity index (χ3v) is 3.95. The maximum atomic E-state index is 6.10. The summed E-state index contributed by atoms with van der Waals surface area (Å²) in [5.74, 6) is 0.717. The minimum Gasteiger partial charge on any atom is -0.495 e. The van der Waals surface area contributed by atoms with Gasteiger partial charge in [-0.05, 0) is 41.7 Å². The van der Waals surface area contributed by atoms with Gasteiger partial charge in [-0.1, -0.05) is 41.9 Å². The van der Waals surface area contributed by atoms with Gasteiger partial charge in [0.2, 0.25) is 0 Å². The van der Waals surface area contributed by atoms with Gasteiger partial charge in [0, 0.05) is 12.6 Å². The van der Waals surface area contributed by atoms with Crippen LogP contribution in [0.15, 0.2) is 42.5 Å². The summed E-state index contributed by atoms with van der Waals surface area (Å²) in [6.07, 6.45) is 2.61. The zero-order valence-electron chi connectivity index (χ0n) is 11.5. The molecule has 0 atom stereocenters. The van der Waals surface area contributed by atoms with E-state index in [4.69, 9.17) is 16.3 Å². The van der Waals surface area contributed by atoms with Crippen LogP contribution in [0.1, 0.15) is 18.4 Å². The molecule has 104 valence electrons. The average Bonchev–Trinajstić information content (AvgIpc) is 3.30. The van der Waals surface area contributed by atoms with Crippen LogP contribution in [0.4, 0.5) is 0 Å². The number of benzene rings is 2. The summed E-state index contributed by atoms with van der Waals surface area (Å²) in [6.45, 7) is 0.909. The Morgan fingerprint density at radius 3 is 2.75 bits per heavy atom. The fourth-order valence-corrected chi connectivity index (χ4v) is 2.52. The lowest BCUT2D eigenvalue weighted by Gasteiger charge is -2.12. The van der Waals surface area contributed by atoms with E-state index in [0.29, 0.717) is 16.8 Å². The van der Waals surface area contributed by atoms with E-state index in [1.54, 1.807) is 7.11 Å². The first kappa shape index (κ1) is 13.5. The van der Waals surface area contributed by atoms with Crippen molar-refractivity contribution in [1.82, 2.24) is 5.32 Å². The Morgan fingerprint density at radius 2 is 2.00 bits per heavy atom. The van der Waals surface area contributed by atoms with Gasteiger partial charge in [0.15, 0.2) is 0 Å². The second kappa shape index (κ2) is 5.86. The van der Waals surface area contributed by atoms with Crippen molar-refractivity contribution in [3.8, 4) is 16.9 Å². The van der Waals surface area contributed by atoms with Gasteiger partial charge in [-0.2, -0.15) is 0 Å². The van der Waals surface area contributed by atoms with E-state index >= 15 is 0 Å². The van der Waals surface area contributed by atoms with Gasteiger partial charge in [0.25, 0.3) is 0 Å². The maximum absolute atomic E-state index is 6.10. The van der Waals surface area contributed by atoms with Gasteiger partial charge in [-0.25, -0.2) is 0 Å². The Morgan fingerprint density at radius 1 is 1.20 bits per heavy atom. The molecule has 0 bridgehead atoms. The van der Waals surface area contributed by atoms with Gasteiger partial charge in [-0.3, -0.25) is 0 Å². The molecule has 2 aromatic carbocycles. The maximum Gasteiger partial charge on any atom is 0.138 e. The molecular weight excluding hydrogens is 270 g/mol. The molecular formula is C17H18ClNO. The number of rotatable bonds is 5. The molecule has 20 heavy (non-hydrogen) atoms. The average molecular weight is 288 g/mol. The third-order valence-electron chi connectivity index (χ3n) is 3.64. The molecule has 3 heteroatoms. The van der Waals surface area contributed by atoms with Crippen LogP contribution in [0.5, 0.6) is 5.75 Å². The zero-order chi connectivity index (χ0) is 13.9. The van der Waals surface area contributed by atoms with Crippen LogP contribution in [0.25, 0.3) is 11.1 Å². The number of methoxy groups -OCH3 is 1. The van der Waals surface area contributed by atoms with Crippen molar-refractivity contribution in [1.29, 1.82) is 0 Å². The second-order valence-electron chi connectivity index (χ2n) is 5.16. The molecule has 2 aromatic rings. The molecule has 0 unspecified atom stereocenters. The molecule has 0 saturated heterocycles. The molecule has 3 rings (SSSR count). The van der Waals surface area contributed by atoms with E-state index in [9.17, 15) is 0 Å². The fraction of sp³-hybridized carbons (Fsp3) is 0.294. The monoisotopic (exact) mass is 287 g/mol. The first-order valence-electron chi connectivity index (χ1n) is 6.93. The molecule has 0 radical (unpaired) electrons. The summed E-state index contributed by atoms with van der Waals surface area (Å²) in [5.41, 5.74) is 3.68. The molecule has 0 heterocycles. The Bertz CT molecular complexity index is 608. The van der Waals surface area contributed by atoms with Crippen LogP contribution >= 0.6 is 11.6 Å². The molecule has 1 saturated carbocycles. The predicted molar refractivity (Wildman–Crippen MR) is 83.3 cm³/mol. The summed E-state index contributed by atoms with van der Waals surface area (Å²) in [4.78, 5) is 0. The van der Waals surface area contributed by atoms with Crippen molar-refractivity contribution in [3.05, 3.63) is 53.1 Å². The van der Waals surface area contributed by atoms with Gasteiger partial charge < -0.3 is 10.1 Å². The Labute approximate surface area is 124 Å². The summed E-state index contributed by atoms with van der Waals surface area (Å²) in [6, 6.07) is 15.1. The molecule has 0 spiro atoms. The van der Waals surface area contributed by atoms with Crippen LogP contribution in [0.2, 0.25) is 5.02 Å². The molecule has 1 aliphatic rings. The number of halogens is 1. The fourth-order valence-electron chi connectivity index (χ4n) is 2.33. The molecule has 0 amide bonds. The normalized spacial score (nSPS) is 14.3. The second-order valence-corrected chi connectivity index (χ2v) is 5.57. The highest BCUT2D eigenvalue weighted by molar-refractivity contribution is 6.32. The molecule has 1 N–H and O–H groups in total. The SMILES string of the molecule is COc1cc(-c2ccccc2CNC2CC2)ccc1Cl. The van der Waals surface area contributed by atoms with Crippen molar-refractivity contribution >= 4 is 11.6 Å². The lowest BCUT2D eigenvalue weighted by Crippen LogP contribution is -2.15. The van der Waals surface area contributed by atoms with Crippen molar-refractivity contribution in [2.24, 2.45) is 0 Å². The lowest BCUT2D eigenvalue weighted by atomic mass is 9.99. The van der Waals surface area contributed by atoms with E-state index < -0.39 is 0 Å². The number of nitrogens with one attached hydrogen (secondary N) is 1. The van der Waals surface area contributed by atoms with E-state index in [-0.39, 0.29) is 0 Å². The number of hydrogen-bond donors (Lipinski definition) is 1. The molecule has 0 aromatic heterocycles. The van der Waals surface area contributed by atoms with Crippen LogP contribution in [-0.2, 0) is 6.54 Å². The Hall–Kier alpha value is -1.51. The standard InChI is InChI=1S/C17H18ClNO/c1-20-17-10-12(6-9-16(17)18)15-5-3-2-4-13(15)11-19-14-7-8-14/h2-6,9-10,14,19H,7-8,11H2,1H3. The predicted octanol–water partition coefficient (Wildman–Crippen LogP) is 4.27. The van der Waals surface area contributed by atoms with Gasteiger partial charge in [0.1, 0.15) is 5.75 Å². The summed E-state index contributed by atoms with van der Waals surface area (Å²) >= 11 is 6.10. The molecule has 0 aliphatic heterocycles. The molecule has 2 nitrogen and oxygen atoms in total. The van der Waals surface area contributed by atoms with Crippen LogP contribution < -0.4 is 10.1 Å². The summed E-state index contributed by atoms with van der Waals surface area (Å²) < 4.78 is 5.31. The number of ether oxygens (including phenoxy) is 1. The minimum absolute atomic E-state index is 0.643. The van der Waals surface area contributed by atoms with Gasteiger partial charge in [-0.15, -0.1) is 0 Å². The van der Waals surface area contributed by atoms with E-state index in [2.05, 4.69) is 29.6 Å². The highest BCUT2D eigenvalue weighted by Crippen LogP contribution is 2.32. The minimum atomic E-state index is 0.643. The lowest BCUT2D eigenvalue weighted by molar-refractivity contribution is 0.415. The first-order valence-corrected chi connectivity index (χ1v) is 7.31. The van der Waals surface area contributed by atoms with E-state index in [1.165, 1.54) is 24.0 Å². The van der Waals surface area contributed by atoms with Crippen molar-refractivity contribution < 1.29 is 4.74 Å². The van der Waals surface area contributed by atoms with Crippen molar-refractivity contribution in [2.75, 3.05) is 7.11 Å². The van der Waals surface area contributed by atoms with E-state index in [1.807, 2.05) is 18.2 Å². The van der Waals surface area contributed by atoms with Crippen molar-refractivity contribution in [3.63, 3.8) is 0 Å². The quantitative estimate of drug-likeness (QED) is 0.887. The van der Waals surface area contributed by atoms with Crippen LogP contribution in [0, 0.1) is 0 Å². The van der Waals surface area contributed by atoms with Crippen LogP contribution in [-0.4, -0.2) is 13.2 Å². The number of hydrogen-bond acceptors (Lipinski definition) is 2. The summed E-state index contributed by atoms with van der Waals surface area (Å²) in [7, 11) is 1.64. The van der Waals surface area contributed by atoms with Gasteiger partial charge in [0.05, 0.1) is 12.1 Å². The first-order chi connectivity index (χ1) is 9.78. The topological polar surface area (TPSA) is 21.3 Å². The molecule has 1 fully saturated rings. The highest BCUT2D eigenvalue weighted by Gasteiger charge is 2.20. The van der Waals surface area contributed by atoms with Crippen molar-refractivity contribution in [2.45, 2.75) is 25.4 Å². The van der Waals surface area contributed by atoms with Gasteiger partial charge >= 0.3 is 0 Å². The Kier molecular flexibility index (Phi) is 3.95.